The normalized spacial score (nSPS) is 12.2. The lowest BCUT2D eigenvalue weighted by Gasteiger charge is -2.34. The number of rotatable bonds is 11. The van der Waals surface area contributed by atoms with Crippen molar-refractivity contribution < 1.29 is 18.0 Å². The Hall–Kier alpha value is -3.07. The van der Waals surface area contributed by atoms with Crippen molar-refractivity contribution in [1.82, 2.24) is 10.2 Å². The van der Waals surface area contributed by atoms with Gasteiger partial charge >= 0.3 is 0 Å². The second-order valence-corrected chi connectivity index (χ2v) is 12.6. The van der Waals surface area contributed by atoms with Crippen LogP contribution in [0.2, 0.25) is 10.0 Å². The minimum Gasteiger partial charge on any atom is -0.352 e. The molecule has 10 heteroatoms. The zero-order valence-electron chi connectivity index (χ0n) is 23.3. The third-order valence-electron chi connectivity index (χ3n) is 6.48. The van der Waals surface area contributed by atoms with Crippen molar-refractivity contribution in [3.8, 4) is 0 Å². The van der Waals surface area contributed by atoms with Gasteiger partial charge in [-0.15, -0.1) is 0 Å². The van der Waals surface area contributed by atoms with E-state index in [1.54, 1.807) is 68.4 Å². The fourth-order valence-electron chi connectivity index (χ4n) is 4.35. The first-order valence-corrected chi connectivity index (χ1v) is 15.2. The molecule has 0 saturated heterocycles. The van der Waals surface area contributed by atoms with Crippen molar-refractivity contribution in [2.45, 2.75) is 64.6 Å². The molecule has 3 rings (SSSR count). The van der Waals surface area contributed by atoms with Crippen molar-refractivity contribution in [2.75, 3.05) is 10.8 Å². The molecule has 0 aliphatic rings. The van der Waals surface area contributed by atoms with Crippen molar-refractivity contribution in [2.24, 2.45) is 0 Å². The molecule has 0 heterocycles. The molecule has 0 aliphatic carbocycles. The summed E-state index contributed by atoms with van der Waals surface area (Å²) in [6.45, 7) is 8.49. The maximum Gasteiger partial charge on any atom is 0.264 e. The molecule has 1 unspecified atom stereocenters. The number of carbonyl (C=O) groups is 2. The quantitative estimate of drug-likeness (QED) is 0.285. The molecule has 2 amide bonds. The van der Waals surface area contributed by atoms with Gasteiger partial charge in [0.15, 0.2) is 0 Å². The number of para-hydroxylation sites is 1. The van der Waals surface area contributed by atoms with Gasteiger partial charge in [-0.3, -0.25) is 13.9 Å². The number of halogens is 2. The highest BCUT2D eigenvalue weighted by molar-refractivity contribution is 7.92. The van der Waals surface area contributed by atoms with Crippen LogP contribution in [0.4, 0.5) is 5.69 Å². The average molecular weight is 605 g/mol. The molecule has 0 bridgehead atoms. The fraction of sp³-hybridized carbons (Fsp3) is 0.333. The van der Waals surface area contributed by atoms with Gasteiger partial charge in [-0.2, -0.15) is 0 Å². The van der Waals surface area contributed by atoms with Gasteiger partial charge in [0.25, 0.3) is 10.0 Å². The summed E-state index contributed by atoms with van der Waals surface area (Å²) in [5.74, 6) is -0.918. The Bertz CT molecular complexity index is 1440. The molecular formula is C30H35Cl2N3O4S. The number of nitrogens with one attached hydrogen (secondary N) is 1. The van der Waals surface area contributed by atoms with Crippen LogP contribution in [0.5, 0.6) is 0 Å². The third kappa shape index (κ3) is 7.36. The van der Waals surface area contributed by atoms with Gasteiger partial charge in [-0.25, -0.2) is 8.42 Å². The zero-order valence-corrected chi connectivity index (χ0v) is 25.6. The van der Waals surface area contributed by atoms with E-state index in [9.17, 15) is 18.0 Å². The van der Waals surface area contributed by atoms with Gasteiger partial charge < -0.3 is 10.2 Å². The van der Waals surface area contributed by atoms with E-state index < -0.39 is 28.5 Å². The monoisotopic (exact) mass is 603 g/mol. The summed E-state index contributed by atoms with van der Waals surface area (Å²) in [6.07, 6.45) is 0.293. The van der Waals surface area contributed by atoms with Crippen LogP contribution in [0, 0.1) is 13.8 Å². The van der Waals surface area contributed by atoms with Crippen LogP contribution in [0.3, 0.4) is 0 Å². The molecule has 1 N–H and O–H groups in total. The number of carbonyl (C=O) groups excluding carboxylic acids is 2. The number of hydrogen-bond donors (Lipinski definition) is 1. The molecule has 0 fully saturated rings. The molecule has 40 heavy (non-hydrogen) atoms. The maximum atomic E-state index is 14.1. The lowest BCUT2D eigenvalue weighted by Crippen LogP contribution is -2.53. The van der Waals surface area contributed by atoms with Crippen molar-refractivity contribution >= 4 is 50.7 Å². The lowest BCUT2D eigenvalue weighted by molar-refractivity contribution is -0.140. The van der Waals surface area contributed by atoms with Gasteiger partial charge in [0, 0.05) is 28.2 Å². The van der Waals surface area contributed by atoms with E-state index >= 15 is 0 Å². The summed E-state index contributed by atoms with van der Waals surface area (Å²) in [5.41, 5.74) is 2.42. The van der Waals surface area contributed by atoms with Crippen molar-refractivity contribution in [3.63, 3.8) is 0 Å². The van der Waals surface area contributed by atoms with E-state index in [1.807, 2.05) is 20.8 Å². The van der Waals surface area contributed by atoms with Gasteiger partial charge in [0.05, 0.1) is 10.6 Å². The smallest absolute Gasteiger partial charge is 0.264 e. The van der Waals surface area contributed by atoms with Crippen molar-refractivity contribution in [3.05, 3.63) is 93.5 Å². The average Bonchev–Trinajstić information content (AvgIpc) is 2.89. The van der Waals surface area contributed by atoms with Crippen LogP contribution in [0.25, 0.3) is 0 Å². The second-order valence-electron chi connectivity index (χ2n) is 9.92. The zero-order chi connectivity index (χ0) is 29.6. The van der Waals surface area contributed by atoms with Crippen LogP contribution in [0.1, 0.15) is 43.9 Å². The lowest BCUT2D eigenvalue weighted by atomic mass is 10.1. The Kier molecular flexibility index (Phi) is 10.6. The number of hydrogen-bond acceptors (Lipinski definition) is 4. The van der Waals surface area contributed by atoms with E-state index in [-0.39, 0.29) is 23.4 Å². The molecule has 0 spiro atoms. The Morgan fingerprint density at radius 2 is 1.50 bits per heavy atom. The first kappa shape index (κ1) is 31.5. The minimum absolute atomic E-state index is 0.0550. The van der Waals surface area contributed by atoms with E-state index in [0.717, 1.165) is 9.87 Å². The van der Waals surface area contributed by atoms with Crippen LogP contribution in [-0.4, -0.2) is 43.8 Å². The first-order valence-electron chi connectivity index (χ1n) is 13.0. The predicted octanol–water partition coefficient (Wildman–Crippen LogP) is 6.14. The van der Waals surface area contributed by atoms with E-state index in [2.05, 4.69) is 5.32 Å². The van der Waals surface area contributed by atoms with Crippen LogP contribution in [-0.2, 0) is 26.2 Å². The molecule has 7 nitrogen and oxygen atoms in total. The summed E-state index contributed by atoms with van der Waals surface area (Å²) in [6, 6.07) is 17.4. The Morgan fingerprint density at radius 1 is 0.900 bits per heavy atom. The van der Waals surface area contributed by atoms with E-state index in [4.69, 9.17) is 23.2 Å². The third-order valence-corrected chi connectivity index (χ3v) is 8.96. The second kappa shape index (κ2) is 13.5. The van der Waals surface area contributed by atoms with Crippen LogP contribution in [0.15, 0.2) is 71.6 Å². The summed E-state index contributed by atoms with van der Waals surface area (Å²) >= 11 is 12.9. The molecule has 0 radical (unpaired) electrons. The topological polar surface area (TPSA) is 86.8 Å². The highest BCUT2D eigenvalue weighted by atomic mass is 35.5. The molecule has 0 aliphatic heterocycles. The standard InChI is InChI=1S/C30H35Cl2N3O4S/c1-6-27(30(37)33-20(2)3)34(18-24-25(31)11-9-12-26(24)32)29(36)19-35(28-13-8-7-10-22(28)5)40(38,39)23-16-14-21(4)15-17-23/h7-17,20,27H,6,18-19H2,1-5H3,(H,33,37). The Morgan fingerprint density at radius 3 is 2.05 bits per heavy atom. The molecule has 0 saturated carbocycles. The van der Waals surface area contributed by atoms with Crippen molar-refractivity contribution in [1.29, 1.82) is 0 Å². The number of anilines is 1. The SMILES string of the molecule is CCC(C(=O)NC(C)C)N(Cc1c(Cl)cccc1Cl)C(=O)CN(c1ccccc1C)S(=O)(=O)c1ccc(C)cc1. The van der Waals surface area contributed by atoms with Crippen LogP contribution < -0.4 is 9.62 Å². The molecule has 1 atom stereocenters. The number of nitrogens with zero attached hydrogens (tertiary/aromatic N) is 2. The summed E-state index contributed by atoms with van der Waals surface area (Å²) in [7, 11) is -4.15. The van der Waals surface area contributed by atoms with Gasteiger partial charge in [-0.1, -0.05) is 72.1 Å². The number of aryl methyl sites for hydroxylation is 2. The molecule has 0 aromatic heterocycles. The Balaban J connectivity index is 2.12. The highest BCUT2D eigenvalue weighted by Gasteiger charge is 2.34. The largest absolute Gasteiger partial charge is 0.352 e. The van der Waals surface area contributed by atoms with Crippen LogP contribution >= 0.6 is 23.2 Å². The molecule has 3 aromatic rings. The summed E-state index contributed by atoms with van der Waals surface area (Å²) in [4.78, 5) is 28.8. The van der Waals surface area contributed by atoms with Gasteiger partial charge in [0.1, 0.15) is 12.6 Å². The van der Waals surface area contributed by atoms with Gasteiger partial charge in [-0.05, 0) is 70.0 Å². The molecule has 214 valence electrons. The minimum atomic E-state index is -4.15. The number of amides is 2. The maximum absolute atomic E-state index is 14.1. The summed E-state index contributed by atoms with van der Waals surface area (Å²) in [5, 5.41) is 3.55. The van der Waals surface area contributed by atoms with E-state index in [1.165, 1.54) is 17.0 Å². The van der Waals surface area contributed by atoms with Gasteiger partial charge in [0.2, 0.25) is 11.8 Å². The predicted molar refractivity (Wildman–Crippen MR) is 161 cm³/mol. The number of benzene rings is 3. The highest BCUT2D eigenvalue weighted by Crippen LogP contribution is 2.30. The number of sulfonamides is 1. The summed E-state index contributed by atoms with van der Waals surface area (Å²) < 4.78 is 29.0. The molecular weight excluding hydrogens is 569 g/mol. The first-order chi connectivity index (χ1) is 18.9. The van der Waals surface area contributed by atoms with E-state index in [0.29, 0.717) is 33.3 Å². The Labute approximate surface area is 247 Å². The molecule has 3 aromatic carbocycles. The fourth-order valence-corrected chi connectivity index (χ4v) is 6.34.